The number of ether oxygens (including phenoxy) is 1. The van der Waals surface area contributed by atoms with Crippen LogP contribution in [0, 0.1) is 0 Å². The van der Waals surface area contributed by atoms with E-state index in [1.54, 1.807) is 80.0 Å². The number of para-hydroxylation sites is 1. The molecule has 0 saturated heterocycles. The summed E-state index contributed by atoms with van der Waals surface area (Å²) in [5.41, 5.74) is 2.44. The predicted octanol–water partition coefficient (Wildman–Crippen LogP) is 6.97. The van der Waals surface area contributed by atoms with E-state index in [0.717, 1.165) is 10.5 Å². The summed E-state index contributed by atoms with van der Waals surface area (Å²) >= 11 is 1.38. The van der Waals surface area contributed by atoms with Crippen molar-refractivity contribution in [3.05, 3.63) is 156 Å². The monoisotopic (exact) mass is 614 g/mol. The van der Waals surface area contributed by atoms with Crippen molar-refractivity contribution in [3.63, 3.8) is 0 Å². The second kappa shape index (κ2) is 15.2. The lowest BCUT2D eigenvalue weighted by Crippen LogP contribution is -2.30. The lowest BCUT2D eigenvalue weighted by Gasteiger charge is -2.17. The van der Waals surface area contributed by atoms with E-state index in [0.29, 0.717) is 28.4 Å². The lowest BCUT2D eigenvalue weighted by atomic mass is 10.1. The van der Waals surface area contributed by atoms with Crippen LogP contribution in [0.3, 0.4) is 0 Å². The van der Waals surface area contributed by atoms with E-state index >= 15 is 0 Å². The molecular weight excluding hydrogens is 584 g/mol. The fraction of sp³-hybridized carbons (Fsp3) is 0.0556. The number of amides is 3. The van der Waals surface area contributed by atoms with Crippen molar-refractivity contribution in [2.75, 3.05) is 17.7 Å². The van der Waals surface area contributed by atoms with E-state index in [1.807, 2.05) is 66.7 Å². The van der Waals surface area contributed by atoms with Crippen LogP contribution in [0.25, 0.3) is 6.08 Å². The van der Waals surface area contributed by atoms with Crippen LogP contribution >= 0.6 is 11.8 Å². The number of benzene rings is 4. The maximum Gasteiger partial charge on any atom is 0.272 e. The summed E-state index contributed by atoms with van der Waals surface area (Å²) in [7, 11) is 1.54. The number of carbonyl (C=O) groups excluding carboxylic acids is 3. The minimum Gasteiger partial charge on any atom is -0.496 e. The van der Waals surface area contributed by atoms with Crippen LogP contribution in [0.4, 0.5) is 11.5 Å². The number of methoxy groups -OCH3 is 1. The normalized spacial score (nSPS) is 11.6. The molecule has 224 valence electrons. The number of hydrogen-bond donors (Lipinski definition) is 3. The third-order valence-corrected chi connectivity index (χ3v) is 7.86. The standard InChI is InChI=1S/C36H30N4O4S/c1-44-31-17-9-8-16-27(31)24-30(39-34(41)26-14-6-3-7-15-26)35(42)38-28-19-21-29(22-20-28)45-33(25-12-4-2-5-13-25)36(43)40-32-18-10-11-23-37-32/h2-24,33H,1H3,(H,38,42)(H,39,41)(H,37,40,43)/b30-24-. The second-order valence-electron chi connectivity index (χ2n) is 9.71. The Hall–Kier alpha value is -5.67. The summed E-state index contributed by atoms with van der Waals surface area (Å²) in [5, 5.41) is 7.95. The first kappa shape index (κ1) is 30.8. The Kier molecular flexibility index (Phi) is 10.4. The Morgan fingerprint density at radius 1 is 0.756 bits per heavy atom. The van der Waals surface area contributed by atoms with Crippen LogP contribution in [-0.2, 0) is 9.59 Å². The Morgan fingerprint density at radius 3 is 2.11 bits per heavy atom. The quantitative estimate of drug-likeness (QED) is 0.110. The molecule has 9 heteroatoms. The molecule has 8 nitrogen and oxygen atoms in total. The molecule has 0 aliphatic heterocycles. The number of pyridine rings is 1. The van der Waals surface area contributed by atoms with Gasteiger partial charge in [0, 0.05) is 27.9 Å². The SMILES string of the molecule is COc1ccccc1/C=C(\NC(=O)c1ccccc1)C(=O)Nc1ccc(SC(C(=O)Nc2ccccn2)c2ccccc2)cc1. The highest BCUT2D eigenvalue weighted by atomic mass is 32.2. The molecule has 0 aliphatic rings. The Labute approximate surface area is 265 Å². The summed E-state index contributed by atoms with van der Waals surface area (Å²) < 4.78 is 5.44. The number of thioether (sulfide) groups is 1. The third-order valence-electron chi connectivity index (χ3n) is 6.59. The molecule has 0 fully saturated rings. The first-order chi connectivity index (χ1) is 22.0. The van der Waals surface area contributed by atoms with Crippen molar-refractivity contribution in [1.82, 2.24) is 10.3 Å². The largest absolute Gasteiger partial charge is 0.496 e. The van der Waals surface area contributed by atoms with Gasteiger partial charge in [0.05, 0.1) is 7.11 Å². The minimum atomic E-state index is -0.544. The van der Waals surface area contributed by atoms with Crippen LogP contribution in [0.5, 0.6) is 5.75 Å². The molecule has 5 rings (SSSR count). The van der Waals surface area contributed by atoms with Crippen molar-refractivity contribution >= 4 is 47.1 Å². The highest BCUT2D eigenvalue weighted by Crippen LogP contribution is 2.36. The molecule has 0 saturated carbocycles. The first-order valence-corrected chi connectivity index (χ1v) is 14.9. The molecule has 0 radical (unpaired) electrons. The van der Waals surface area contributed by atoms with E-state index in [1.165, 1.54) is 11.8 Å². The Balaban J connectivity index is 1.34. The van der Waals surface area contributed by atoms with Gasteiger partial charge in [-0.3, -0.25) is 14.4 Å². The van der Waals surface area contributed by atoms with E-state index in [2.05, 4.69) is 20.9 Å². The van der Waals surface area contributed by atoms with Gasteiger partial charge < -0.3 is 20.7 Å². The van der Waals surface area contributed by atoms with Crippen molar-refractivity contribution < 1.29 is 19.1 Å². The summed E-state index contributed by atoms with van der Waals surface area (Å²) in [6.07, 6.45) is 3.20. The summed E-state index contributed by atoms with van der Waals surface area (Å²) in [4.78, 5) is 44.8. The van der Waals surface area contributed by atoms with E-state index in [4.69, 9.17) is 4.74 Å². The van der Waals surface area contributed by atoms with Gasteiger partial charge >= 0.3 is 0 Å². The first-order valence-electron chi connectivity index (χ1n) is 14.1. The zero-order chi connectivity index (χ0) is 31.4. The molecule has 1 unspecified atom stereocenters. The molecule has 1 aromatic heterocycles. The smallest absolute Gasteiger partial charge is 0.272 e. The van der Waals surface area contributed by atoms with Gasteiger partial charge in [0.2, 0.25) is 5.91 Å². The zero-order valence-corrected chi connectivity index (χ0v) is 25.2. The van der Waals surface area contributed by atoms with Crippen LogP contribution in [-0.4, -0.2) is 29.8 Å². The van der Waals surface area contributed by atoms with Gasteiger partial charge in [0.1, 0.15) is 22.5 Å². The maximum atomic E-state index is 13.5. The molecule has 5 aromatic rings. The number of anilines is 2. The van der Waals surface area contributed by atoms with Crippen molar-refractivity contribution in [3.8, 4) is 5.75 Å². The molecule has 45 heavy (non-hydrogen) atoms. The number of carbonyl (C=O) groups is 3. The molecule has 1 atom stereocenters. The van der Waals surface area contributed by atoms with Gasteiger partial charge in [-0.05, 0) is 66.2 Å². The highest BCUT2D eigenvalue weighted by Gasteiger charge is 2.23. The molecule has 1 heterocycles. The Bertz CT molecular complexity index is 1780. The minimum absolute atomic E-state index is 0.0436. The molecule has 3 amide bonds. The number of aromatic nitrogens is 1. The summed E-state index contributed by atoms with van der Waals surface area (Å²) in [6.45, 7) is 0. The van der Waals surface area contributed by atoms with Gasteiger partial charge in [-0.15, -0.1) is 11.8 Å². The van der Waals surface area contributed by atoms with E-state index < -0.39 is 17.1 Å². The number of nitrogens with one attached hydrogen (secondary N) is 3. The van der Waals surface area contributed by atoms with Crippen LogP contribution in [0.15, 0.2) is 144 Å². The maximum absolute atomic E-state index is 13.5. The average Bonchev–Trinajstić information content (AvgIpc) is 3.09. The molecular formula is C36H30N4O4S. The third kappa shape index (κ3) is 8.46. The summed E-state index contributed by atoms with van der Waals surface area (Å²) in [6, 6.07) is 37.8. The van der Waals surface area contributed by atoms with Gasteiger partial charge in [0.15, 0.2) is 0 Å². The van der Waals surface area contributed by atoms with Crippen LogP contribution in [0.1, 0.15) is 26.7 Å². The highest BCUT2D eigenvalue weighted by molar-refractivity contribution is 8.00. The lowest BCUT2D eigenvalue weighted by molar-refractivity contribution is -0.116. The van der Waals surface area contributed by atoms with Gasteiger partial charge in [-0.25, -0.2) is 4.98 Å². The van der Waals surface area contributed by atoms with Crippen molar-refractivity contribution in [1.29, 1.82) is 0 Å². The molecule has 0 bridgehead atoms. The van der Waals surface area contributed by atoms with Crippen molar-refractivity contribution in [2.45, 2.75) is 10.1 Å². The number of rotatable bonds is 11. The molecule has 3 N–H and O–H groups in total. The predicted molar refractivity (Wildman–Crippen MR) is 178 cm³/mol. The van der Waals surface area contributed by atoms with Gasteiger partial charge in [0.25, 0.3) is 11.8 Å². The molecule has 0 aliphatic carbocycles. The average molecular weight is 615 g/mol. The van der Waals surface area contributed by atoms with Crippen LogP contribution in [0.2, 0.25) is 0 Å². The summed E-state index contributed by atoms with van der Waals surface area (Å²) in [5.74, 6) is -0.115. The van der Waals surface area contributed by atoms with Gasteiger partial charge in [-0.2, -0.15) is 0 Å². The number of nitrogens with zero attached hydrogens (tertiary/aromatic N) is 1. The fourth-order valence-corrected chi connectivity index (χ4v) is 5.39. The van der Waals surface area contributed by atoms with Crippen LogP contribution < -0.4 is 20.7 Å². The number of hydrogen-bond acceptors (Lipinski definition) is 6. The van der Waals surface area contributed by atoms with E-state index in [-0.39, 0.29) is 11.6 Å². The van der Waals surface area contributed by atoms with Gasteiger partial charge in [-0.1, -0.05) is 72.8 Å². The molecule has 4 aromatic carbocycles. The fourth-order valence-electron chi connectivity index (χ4n) is 4.36. The Morgan fingerprint density at radius 2 is 1.42 bits per heavy atom. The zero-order valence-electron chi connectivity index (χ0n) is 24.3. The van der Waals surface area contributed by atoms with E-state index in [9.17, 15) is 14.4 Å². The second-order valence-corrected chi connectivity index (χ2v) is 10.9. The molecule has 0 spiro atoms. The topological polar surface area (TPSA) is 109 Å². The van der Waals surface area contributed by atoms with Crippen molar-refractivity contribution in [2.24, 2.45) is 0 Å².